The molecular formula is C17H15ClN4O4. The molecule has 3 heterocycles. The summed E-state index contributed by atoms with van der Waals surface area (Å²) < 4.78 is 4.78. The maximum Gasteiger partial charge on any atom is 0.409 e. The number of urea groups is 1. The number of benzene rings is 1. The van der Waals surface area contributed by atoms with Crippen LogP contribution in [0.3, 0.4) is 0 Å². The normalized spacial score (nSPS) is 26.4. The van der Waals surface area contributed by atoms with Crippen molar-refractivity contribution < 1.29 is 19.1 Å². The van der Waals surface area contributed by atoms with Crippen molar-refractivity contribution in [2.45, 2.75) is 31.5 Å². The van der Waals surface area contributed by atoms with Gasteiger partial charge in [-0.15, -0.1) is 0 Å². The fourth-order valence-electron chi connectivity index (χ4n) is 4.21. The van der Waals surface area contributed by atoms with Crippen LogP contribution in [-0.4, -0.2) is 59.6 Å². The molecule has 3 aliphatic heterocycles. The number of halogens is 1. The van der Waals surface area contributed by atoms with Gasteiger partial charge in [-0.25, -0.2) is 14.5 Å². The van der Waals surface area contributed by atoms with Gasteiger partial charge in [-0.3, -0.25) is 4.79 Å². The Hall–Kier alpha value is -2.79. The van der Waals surface area contributed by atoms with E-state index in [0.29, 0.717) is 24.2 Å². The lowest BCUT2D eigenvalue weighted by Crippen LogP contribution is -2.54. The van der Waals surface area contributed by atoms with Gasteiger partial charge in [0.15, 0.2) is 0 Å². The molecule has 134 valence electrons. The van der Waals surface area contributed by atoms with Crippen LogP contribution in [0.15, 0.2) is 12.1 Å². The van der Waals surface area contributed by atoms with Crippen LogP contribution in [-0.2, 0) is 9.53 Å². The third-order valence-electron chi connectivity index (χ3n) is 5.39. The molecule has 2 unspecified atom stereocenters. The molecule has 4 rings (SSSR count). The van der Waals surface area contributed by atoms with Crippen LogP contribution in [0, 0.1) is 18.3 Å². The van der Waals surface area contributed by atoms with Crippen molar-refractivity contribution in [2.75, 3.05) is 18.6 Å². The summed E-state index contributed by atoms with van der Waals surface area (Å²) in [5, 5.41) is 9.30. The topological polar surface area (TPSA) is 94.0 Å². The van der Waals surface area contributed by atoms with Gasteiger partial charge in [-0.05, 0) is 31.0 Å². The summed E-state index contributed by atoms with van der Waals surface area (Å²) in [7, 11) is 1.29. The number of piperazine rings is 1. The molecule has 1 aromatic carbocycles. The summed E-state index contributed by atoms with van der Waals surface area (Å²) in [4.78, 5) is 42.1. The predicted octanol–water partition coefficient (Wildman–Crippen LogP) is 1.88. The highest BCUT2D eigenvalue weighted by Crippen LogP contribution is 2.43. The number of likely N-dealkylation sites (tertiary alicyclic amines) is 1. The molecule has 8 nitrogen and oxygen atoms in total. The molecule has 3 atom stereocenters. The molecule has 9 heteroatoms. The lowest BCUT2D eigenvalue weighted by molar-refractivity contribution is -0.121. The molecule has 26 heavy (non-hydrogen) atoms. The molecule has 0 radical (unpaired) electrons. The first-order valence-electron chi connectivity index (χ1n) is 8.10. The number of ether oxygens (including phenoxy) is 1. The quantitative estimate of drug-likeness (QED) is 0.699. The fourth-order valence-corrected chi connectivity index (χ4v) is 4.41. The second-order valence-electron chi connectivity index (χ2n) is 6.57. The number of nitriles is 1. The van der Waals surface area contributed by atoms with Gasteiger partial charge in [0.1, 0.15) is 12.1 Å². The molecule has 3 aliphatic rings. The van der Waals surface area contributed by atoms with Gasteiger partial charge in [0, 0.05) is 6.54 Å². The summed E-state index contributed by atoms with van der Waals surface area (Å²) in [6, 6.07) is 3.30. The minimum atomic E-state index is -0.714. The fraction of sp³-hybridized carbons (Fsp3) is 0.412. The van der Waals surface area contributed by atoms with Gasteiger partial charge >= 0.3 is 12.1 Å². The molecule has 0 N–H and O–H groups in total. The first-order valence-corrected chi connectivity index (χ1v) is 8.48. The minimum absolute atomic E-state index is 0.209. The van der Waals surface area contributed by atoms with Crippen molar-refractivity contribution in [3.63, 3.8) is 0 Å². The maximum atomic E-state index is 13.0. The number of fused-ring (bicyclic) bond motifs is 5. The second-order valence-corrected chi connectivity index (χ2v) is 6.95. The number of rotatable bonds is 1. The Kier molecular flexibility index (Phi) is 3.59. The Morgan fingerprint density at radius 3 is 2.77 bits per heavy atom. The largest absolute Gasteiger partial charge is 0.453 e. The summed E-state index contributed by atoms with van der Waals surface area (Å²) in [6.45, 7) is 2.02. The molecule has 0 spiro atoms. The van der Waals surface area contributed by atoms with E-state index < -0.39 is 18.2 Å². The first kappa shape index (κ1) is 16.7. The summed E-state index contributed by atoms with van der Waals surface area (Å²) in [6.07, 6.45) is 0.0755. The number of carbonyl (C=O) groups excluding carboxylic acids is 3. The number of imide groups is 1. The van der Waals surface area contributed by atoms with Crippen LogP contribution in [0.25, 0.3) is 0 Å². The van der Waals surface area contributed by atoms with E-state index in [4.69, 9.17) is 21.6 Å². The van der Waals surface area contributed by atoms with Crippen molar-refractivity contribution in [1.82, 2.24) is 9.80 Å². The molecule has 4 amide bonds. The van der Waals surface area contributed by atoms with Crippen LogP contribution in [0.4, 0.5) is 15.3 Å². The Bertz CT molecular complexity index is 895. The van der Waals surface area contributed by atoms with E-state index in [-0.39, 0.29) is 28.6 Å². The SMILES string of the molecule is COC(=O)N1CC2CC1[C@@H]1C(=O)N(c3ccc(C#N)c(Cl)c3C)C(=O)N21. The Labute approximate surface area is 154 Å². The van der Waals surface area contributed by atoms with Gasteiger partial charge < -0.3 is 14.5 Å². The number of hydrogen-bond donors (Lipinski definition) is 0. The predicted molar refractivity (Wildman–Crippen MR) is 90.7 cm³/mol. The van der Waals surface area contributed by atoms with Crippen LogP contribution in [0.1, 0.15) is 17.5 Å². The molecule has 0 aromatic heterocycles. The zero-order valence-corrected chi connectivity index (χ0v) is 14.9. The average Bonchev–Trinajstić information content (AvgIpc) is 3.29. The number of methoxy groups -OCH3 is 1. The molecular weight excluding hydrogens is 360 g/mol. The van der Waals surface area contributed by atoms with E-state index in [2.05, 4.69) is 0 Å². The van der Waals surface area contributed by atoms with Crippen molar-refractivity contribution in [2.24, 2.45) is 0 Å². The van der Waals surface area contributed by atoms with Gasteiger partial charge in [-0.1, -0.05) is 11.6 Å². The monoisotopic (exact) mass is 374 g/mol. The smallest absolute Gasteiger partial charge is 0.409 e. The lowest BCUT2D eigenvalue weighted by atomic mass is 10.1. The van der Waals surface area contributed by atoms with Crippen LogP contribution < -0.4 is 4.90 Å². The summed E-state index contributed by atoms with van der Waals surface area (Å²) in [5.41, 5.74) is 1.14. The van der Waals surface area contributed by atoms with Crippen molar-refractivity contribution in [3.8, 4) is 6.07 Å². The van der Waals surface area contributed by atoms with Crippen molar-refractivity contribution >= 4 is 35.3 Å². The third-order valence-corrected chi connectivity index (χ3v) is 5.88. The van der Waals surface area contributed by atoms with Gasteiger partial charge in [-0.2, -0.15) is 5.26 Å². The standard InChI is InChI=1S/C17H15ClN4O4/c1-8-11(4-3-9(6-19)13(8)18)22-15(23)14-12-5-10(21(14)16(22)24)7-20(12)17(25)26-2/h3-4,10,12,14H,5,7H2,1-2H3/t10?,12?,14-/m1/s1. The lowest BCUT2D eigenvalue weighted by Gasteiger charge is -2.33. The van der Waals surface area contributed by atoms with Gasteiger partial charge in [0.25, 0.3) is 5.91 Å². The number of hydrogen-bond acceptors (Lipinski definition) is 5. The van der Waals surface area contributed by atoms with E-state index >= 15 is 0 Å². The van der Waals surface area contributed by atoms with Crippen LogP contribution in [0.5, 0.6) is 0 Å². The molecule has 1 aromatic rings. The molecule has 2 bridgehead atoms. The van der Waals surface area contributed by atoms with Gasteiger partial charge in [0.2, 0.25) is 0 Å². The van der Waals surface area contributed by atoms with E-state index in [0.717, 1.165) is 4.90 Å². The Balaban J connectivity index is 1.72. The third kappa shape index (κ3) is 1.98. The molecule has 0 aliphatic carbocycles. The maximum absolute atomic E-state index is 13.0. The number of carbonyl (C=O) groups is 3. The first-order chi connectivity index (χ1) is 12.4. The highest BCUT2D eigenvalue weighted by atomic mass is 35.5. The van der Waals surface area contributed by atoms with E-state index in [9.17, 15) is 14.4 Å². The number of nitrogens with zero attached hydrogens (tertiary/aromatic N) is 4. The Morgan fingerprint density at radius 1 is 1.38 bits per heavy atom. The number of amides is 4. The van der Waals surface area contributed by atoms with Crippen LogP contribution in [0.2, 0.25) is 5.02 Å². The average molecular weight is 375 g/mol. The molecule has 3 fully saturated rings. The van der Waals surface area contributed by atoms with E-state index in [1.54, 1.807) is 17.9 Å². The summed E-state index contributed by atoms with van der Waals surface area (Å²) in [5.74, 6) is -0.389. The zero-order chi connectivity index (χ0) is 18.7. The second kappa shape index (κ2) is 5.61. The zero-order valence-electron chi connectivity index (χ0n) is 14.1. The highest BCUT2D eigenvalue weighted by Gasteiger charge is 2.63. The number of anilines is 1. The van der Waals surface area contributed by atoms with Gasteiger partial charge in [0.05, 0.1) is 35.5 Å². The molecule has 3 saturated heterocycles. The van der Waals surface area contributed by atoms with E-state index in [1.165, 1.54) is 18.1 Å². The van der Waals surface area contributed by atoms with E-state index in [1.807, 2.05) is 6.07 Å². The van der Waals surface area contributed by atoms with Crippen molar-refractivity contribution in [3.05, 3.63) is 28.3 Å². The Morgan fingerprint density at radius 2 is 2.12 bits per heavy atom. The van der Waals surface area contributed by atoms with Crippen LogP contribution >= 0.6 is 11.6 Å². The molecule has 0 saturated carbocycles. The van der Waals surface area contributed by atoms with Crippen molar-refractivity contribution in [1.29, 1.82) is 5.26 Å². The highest BCUT2D eigenvalue weighted by molar-refractivity contribution is 6.33. The minimum Gasteiger partial charge on any atom is -0.453 e. The summed E-state index contributed by atoms with van der Waals surface area (Å²) >= 11 is 6.19.